The van der Waals surface area contributed by atoms with Gasteiger partial charge < -0.3 is 16.3 Å². The largest absolute Gasteiger partial charge is 0.484 e. The van der Waals surface area contributed by atoms with E-state index in [1.54, 1.807) is 19.1 Å². The second kappa shape index (κ2) is 6.29. The number of amides is 1. The Balaban J connectivity index is 1.90. The van der Waals surface area contributed by atoms with E-state index in [2.05, 4.69) is 10.2 Å². The molecule has 2 aromatic rings. The number of aromatic nitrogens is 3. The Labute approximate surface area is 120 Å². The first-order chi connectivity index (χ1) is 9.56. The molecule has 0 saturated carbocycles. The Morgan fingerprint density at radius 1 is 1.35 bits per heavy atom. The zero-order valence-corrected chi connectivity index (χ0v) is 11.8. The lowest BCUT2D eigenvalue weighted by Crippen LogP contribution is -2.19. The molecule has 0 aliphatic rings. The molecule has 8 heteroatoms. The summed E-state index contributed by atoms with van der Waals surface area (Å²) >= 11 is 1.49. The maximum absolute atomic E-state index is 10.6. The second-order valence-corrected chi connectivity index (χ2v) is 5.03. The Morgan fingerprint density at radius 3 is 2.60 bits per heavy atom. The molecule has 0 aliphatic heterocycles. The van der Waals surface area contributed by atoms with Crippen molar-refractivity contribution in [3.8, 4) is 5.75 Å². The molecule has 0 radical (unpaired) electrons. The number of carbonyl (C=O) groups excluding carboxylic acids is 1. The number of ether oxygens (including phenoxy) is 1. The molecule has 0 unspecified atom stereocenters. The molecular formula is C12H15N5O2S. The van der Waals surface area contributed by atoms with Crippen LogP contribution in [-0.4, -0.2) is 27.4 Å². The van der Waals surface area contributed by atoms with Gasteiger partial charge in [-0.05, 0) is 24.6 Å². The zero-order chi connectivity index (χ0) is 14.5. The van der Waals surface area contributed by atoms with Crippen LogP contribution in [0.3, 0.4) is 0 Å². The third-order valence-corrected chi connectivity index (χ3v) is 3.52. The van der Waals surface area contributed by atoms with E-state index >= 15 is 0 Å². The van der Waals surface area contributed by atoms with Crippen LogP contribution in [0.15, 0.2) is 29.4 Å². The number of primary amides is 1. The predicted molar refractivity (Wildman–Crippen MR) is 75.6 cm³/mol. The molecule has 1 aromatic carbocycles. The van der Waals surface area contributed by atoms with Gasteiger partial charge in [-0.25, -0.2) is 4.68 Å². The number of carbonyl (C=O) groups is 1. The summed E-state index contributed by atoms with van der Waals surface area (Å²) in [4.78, 5) is 10.6. The molecule has 0 spiro atoms. The fourth-order valence-corrected chi connectivity index (χ4v) is 2.29. The number of nitrogen functional groups attached to an aromatic ring is 1. The van der Waals surface area contributed by atoms with Crippen molar-refractivity contribution in [2.75, 3.05) is 12.4 Å². The molecule has 2 rings (SSSR count). The molecule has 0 atom stereocenters. The van der Waals surface area contributed by atoms with Crippen LogP contribution in [0.4, 0.5) is 0 Å². The van der Waals surface area contributed by atoms with Crippen molar-refractivity contribution in [1.82, 2.24) is 14.9 Å². The first-order valence-electron chi connectivity index (χ1n) is 5.86. The van der Waals surface area contributed by atoms with Crippen LogP contribution in [0.2, 0.25) is 0 Å². The van der Waals surface area contributed by atoms with Crippen LogP contribution < -0.4 is 16.3 Å². The number of aryl methyl sites for hydroxylation is 1. The van der Waals surface area contributed by atoms with Gasteiger partial charge in [-0.15, -0.1) is 10.2 Å². The maximum atomic E-state index is 10.6. The number of rotatable bonds is 6. The molecule has 0 saturated heterocycles. The van der Waals surface area contributed by atoms with E-state index in [9.17, 15) is 4.79 Å². The Morgan fingerprint density at radius 2 is 2.05 bits per heavy atom. The van der Waals surface area contributed by atoms with Crippen molar-refractivity contribution >= 4 is 17.7 Å². The number of thioether (sulfide) groups is 1. The molecule has 4 N–H and O–H groups in total. The van der Waals surface area contributed by atoms with E-state index in [0.29, 0.717) is 22.5 Å². The van der Waals surface area contributed by atoms with Crippen LogP contribution in [-0.2, 0) is 10.5 Å². The van der Waals surface area contributed by atoms with Crippen LogP contribution in [0.25, 0.3) is 0 Å². The standard InChI is InChI=1S/C12H15N5O2S/c1-8-15-16-12(17(8)14)20-7-9-2-4-10(5-3-9)19-6-11(13)18/h2-5H,6-7,14H2,1H3,(H2,13,18). The highest BCUT2D eigenvalue weighted by molar-refractivity contribution is 7.98. The lowest BCUT2D eigenvalue weighted by atomic mass is 10.2. The van der Waals surface area contributed by atoms with Gasteiger partial charge in [0.15, 0.2) is 6.61 Å². The third-order valence-electron chi connectivity index (χ3n) is 2.51. The van der Waals surface area contributed by atoms with Crippen molar-refractivity contribution in [3.63, 3.8) is 0 Å². The zero-order valence-electron chi connectivity index (χ0n) is 10.9. The Kier molecular flexibility index (Phi) is 4.46. The second-order valence-electron chi connectivity index (χ2n) is 4.09. The highest BCUT2D eigenvalue weighted by atomic mass is 32.2. The van der Waals surface area contributed by atoms with E-state index in [1.807, 2.05) is 12.1 Å². The summed E-state index contributed by atoms with van der Waals surface area (Å²) < 4.78 is 6.63. The third kappa shape index (κ3) is 3.64. The van der Waals surface area contributed by atoms with Gasteiger partial charge in [0.05, 0.1) is 0 Å². The van der Waals surface area contributed by atoms with Gasteiger partial charge in [-0.1, -0.05) is 23.9 Å². The minimum atomic E-state index is -0.498. The van der Waals surface area contributed by atoms with E-state index < -0.39 is 5.91 Å². The fourth-order valence-electron chi connectivity index (χ4n) is 1.43. The molecule has 0 bridgehead atoms. The van der Waals surface area contributed by atoms with Crippen LogP contribution in [0, 0.1) is 6.92 Å². The molecule has 1 amide bonds. The van der Waals surface area contributed by atoms with Crippen molar-refractivity contribution in [3.05, 3.63) is 35.7 Å². The molecule has 7 nitrogen and oxygen atoms in total. The van der Waals surface area contributed by atoms with Gasteiger partial charge in [-0.2, -0.15) is 0 Å². The summed E-state index contributed by atoms with van der Waals surface area (Å²) in [7, 11) is 0. The molecule has 1 heterocycles. The summed E-state index contributed by atoms with van der Waals surface area (Å²) in [5.41, 5.74) is 6.09. The Bertz CT molecular complexity index is 596. The lowest BCUT2D eigenvalue weighted by Gasteiger charge is -2.05. The summed E-state index contributed by atoms with van der Waals surface area (Å²) in [6.07, 6.45) is 0. The molecule has 106 valence electrons. The molecule has 20 heavy (non-hydrogen) atoms. The molecule has 0 aliphatic carbocycles. The maximum Gasteiger partial charge on any atom is 0.255 e. The van der Waals surface area contributed by atoms with Gasteiger partial charge in [0.2, 0.25) is 5.16 Å². The normalized spacial score (nSPS) is 10.4. The first-order valence-corrected chi connectivity index (χ1v) is 6.85. The number of hydrogen-bond donors (Lipinski definition) is 2. The highest BCUT2D eigenvalue weighted by Gasteiger charge is 2.06. The van der Waals surface area contributed by atoms with E-state index in [-0.39, 0.29) is 6.61 Å². The van der Waals surface area contributed by atoms with E-state index in [0.717, 1.165) is 5.56 Å². The van der Waals surface area contributed by atoms with Gasteiger partial charge in [0.25, 0.3) is 5.91 Å². The van der Waals surface area contributed by atoms with Crippen LogP contribution in [0.5, 0.6) is 5.75 Å². The number of hydrogen-bond acceptors (Lipinski definition) is 6. The fraction of sp³-hybridized carbons (Fsp3) is 0.250. The minimum absolute atomic E-state index is 0.121. The first kappa shape index (κ1) is 14.2. The van der Waals surface area contributed by atoms with Gasteiger partial charge >= 0.3 is 0 Å². The molecular weight excluding hydrogens is 278 g/mol. The van der Waals surface area contributed by atoms with Gasteiger partial charge in [0.1, 0.15) is 11.6 Å². The molecule has 1 aromatic heterocycles. The minimum Gasteiger partial charge on any atom is -0.484 e. The van der Waals surface area contributed by atoms with Crippen LogP contribution in [0.1, 0.15) is 11.4 Å². The van der Waals surface area contributed by atoms with Crippen molar-refractivity contribution in [2.24, 2.45) is 5.73 Å². The van der Waals surface area contributed by atoms with Crippen LogP contribution >= 0.6 is 11.8 Å². The summed E-state index contributed by atoms with van der Waals surface area (Å²) in [6, 6.07) is 7.40. The summed E-state index contributed by atoms with van der Waals surface area (Å²) in [6.45, 7) is 1.67. The number of nitrogens with zero attached hydrogens (tertiary/aromatic N) is 3. The predicted octanol–water partition coefficient (Wildman–Crippen LogP) is 0.457. The van der Waals surface area contributed by atoms with Crippen molar-refractivity contribution in [1.29, 1.82) is 0 Å². The highest BCUT2D eigenvalue weighted by Crippen LogP contribution is 2.21. The smallest absolute Gasteiger partial charge is 0.255 e. The monoisotopic (exact) mass is 293 g/mol. The average Bonchev–Trinajstić information content (AvgIpc) is 2.75. The van der Waals surface area contributed by atoms with Crippen molar-refractivity contribution in [2.45, 2.75) is 17.8 Å². The van der Waals surface area contributed by atoms with E-state index in [1.165, 1.54) is 16.4 Å². The number of benzene rings is 1. The average molecular weight is 293 g/mol. The summed E-state index contributed by atoms with van der Waals surface area (Å²) in [5.74, 6) is 7.26. The summed E-state index contributed by atoms with van der Waals surface area (Å²) in [5, 5.41) is 8.52. The number of nitrogens with two attached hydrogens (primary N) is 2. The quantitative estimate of drug-likeness (QED) is 0.591. The van der Waals surface area contributed by atoms with Crippen molar-refractivity contribution < 1.29 is 9.53 Å². The van der Waals surface area contributed by atoms with Gasteiger partial charge in [-0.3, -0.25) is 4.79 Å². The van der Waals surface area contributed by atoms with E-state index in [4.69, 9.17) is 16.3 Å². The SMILES string of the molecule is Cc1nnc(SCc2ccc(OCC(N)=O)cc2)n1N. The van der Waals surface area contributed by atoms with Gasteiger partial charge in [0, 0.05) is 5.75 Å². The topological polar surface area (TPSA) is 109 Å². The lowest BCUT2D eigenvalue weighted by molar-refractivity contribution is -0.119. The Hall–Kier alpha value is -2.22. The molecule has 0 fully saturated rings.